The van der Waals surface area contributed by atoms with Gasteiger partial charge in [-0.2, -0.15) is 0 Å². The van der Waals surface area contributed by atoms with Crippen molar-refractivity contribution in [2.24, 2.45) is 11.7 Å². The molecule has 2 N–H and O–H groups in total. The van der Waals surface area contributed by atoms with Gasteiger partial charge in [0.05, 0.1) is 11.3 Å². The highest BCUT2D eigenvalue weighted by Crippen LogP contribution is 2.45. The SMILES string of the molecule is CC(C)CN1C(=O)c2ccccc2N2C(=O)CC[C@@]12C(=O)OCC(N)=O. The number of anilines is 1. The van der Waals surface area contributed by atoms with Gasteiger partial charge in [0.25, 0.3) is 11.8 Å². The summed E-state index contributed by atoms with van der Waals surface area (Å²) in [6, 6.07) is 6.69. The van der Waals surface area contributed by atoms with Crippen molar-refractivity contribution >= 4 is 29.4 Å². The van der Waals surface area contributed by atoms with E-state index >= 15 is 0 Å². The molecule has 1 aromatic carbocycles. The molecule has 0 aromatic heterocycles. The first-order valence-electron chi connectivity index (χ1n) is 8.48. The van der Waals surface area contributed by atoms with Crippen LogP contribution in [0.15, 0.2) is 24.3 Å². The highest BCUT2D eigenvalue weighted by molar-refractivity contribution is 6.15. The van der Waals surface area contributed by atoms with Gasteiger partial charge in [0.15, 0.2) is 6.61 Å². The molecule has 8 heteroatoms. The molecular formula is C18H21N3O5. The zero-order valence-corrected chi connectivity index (χ0v) is 14.7. The second-order valence-corrected chi connectivity index (χ2v) is 6.91. The van der Waals surface area contributed by atoms with Crippen molar-refractivity contribution in [1.29, 1.82) is 0 Å². The molecule has 3 amide bonds. The van der Waals surface area contributed by atoms with Gasteiger partial charge in [-0.25, -0.2) is 4.79 Å². The Hall–Kier alpha value is -2.90. The van der Waals surface area contributed by atoms with E-state index in [-0.39, 0.29) is 37.1 Å². The number of ether oxygens (including phenoxy) is 1. The molecule has 0 aliphatic carbocycles. The molecule has 0 radical (unpaired) electrons. The molecule has 3 rings (SSSR count). The Bertz CT molecular complexity index is 791. The van der Waals surface area contributed by atoms with E-state index in [0.717, 1.165) is 0 Å². The molecular weight excluding hydrogens is 338 g/mol. The van der Waals surface area contributed by atoms with E-state index in [1.165, 1.54) is 9.80 Å². The molecule has 8 nitrogen and oxygen atoms in total. The van der Waals surface area contributed by atoms with Crippen molar-refractivity contribution in [3.63, 3.8) is 0 Å². The average molecular weight is 359 g/mol. The summed E-state index contributed by atoms with van der Waals surface area (Å²) in [6.45, 7) is 3.49. The number of para-hydroxylation sites is 1. The maximum absolute atomic E-state index is 13.1. The largest absolute Gasteiger partial charge is 0.452 e. The van der Waals surface area contributed by atoms with Gasteiger partial charge in [-0.1, -0.05) is 26.0 Å². The van der Waals surface area contributed by atoms with Crippen LogP contribution < -0.4 is 10.6 Å². The lowest BCUT2D eigenvalue weighted by Crippen LogP contribution is -2.69. The number of fused-ring (bicyclic) bond motifs is 3. The fourth-order valence-corrected chi connectivity index (χ4v) is 3.62. The van der Waals surface area contributed by atoms with Crippen LogP contribution in [-0.2, 0) is 19.1 Å². The van der Waals surface area contributed by atoms with Crippen LogP contribution in [0.25, 0.3) is 0 Å². The number of benzene rings is 1. The first-order valence-corrected chi connectivity index (χ1v) is 8.48. The van der Waals surface area contributed by atoms with Crippen LogP contribution >= 0.6 is 0 Å². The van der Waals surface area contributed by atoms with Crippen molar-refractivity contribution in [2.75, 3.05) is 18.1 Å². The number of carbonyl (C=O) groups excluding carboxylic acids is 4. The fourth-order valence-electron chi connectivity index (χ4n) is 3.62. The van der Waals surface area contributed by atoms with Crippen molar-refractivity contribution in [3.05, 3.63) is 29.8 Å². The second kappa shape index (κ2) is 6.44. The average Bonchev–Trinajstić information content (AvgIpc) is 2.95. The number of carbonyl (C=O) groups is 4. The molecule has 0 bridgehead atoms. The van der Waals surface area contributed by atoms with Gasteiger partial charge in [-0.05, 0) is 18.1 Å². The molecule has 138 valence electrons. The summed E-state index contributed by atoms with van der Waals surface area (Å²) in [6.07, 6.45) is 0.206. The molecule has 2 aliphatic heterocycles. The van der Waals surface area contributed by atoms with Gasteiger partial charge in [-0.15, -0.1) is 0 Å². The monoisotopic (exact) mass is 359 g/mol. The van der Waals surface area contributed by atoms with Crippen LogP contribution in [0.1, 0.15) is 37.0 Å². The van der Waals surface area contributed by atoms with Crippen molar-refractivity contribution < 1.29 is 23.9 Å². The summed E-state index contributed by atoms with van der Waals surface area (Å²) in [4.78, 5) is 52.6. The maximum Gasteiger partial charge on any atom is 0.354 e. The molecule has 1 fully saturated rings. The highest BCUT2D eigenvalue weighted by atomic mass is 16.5. The third kappa shape index (κ3) is 2.61. The maximum atomic E-state index is 13.1. The summed E-state index contributed by atoms with van der Waals surface area (Å²) in [5.41, 5.74) is 4.24. The topological polar surface area (TPSA) is 110 Å². The molecule has 0 unspecified atom stereocenters. The number of hydrogen-bond acceptors (Lipinski definition) is 5. The van der Waals surface area contributed by atoms with E-state index in [1.807, 2.05) is 13.8 Å². The predicted octanol–water partition coefficient (Wildman–Crippen LogP) is 0.650. The van der Waals surface area contributed by atoms with Crippen molar-refractivity contribution in [3.8, 4) is 0 Å². The summed E-state index contributed by atoms with van der Waals surface area (Å²) < 4.78 is 5.07. The van der Waals surface area contributed by atoms with E-state index in [2.05, 4.69) is 0 Å². The molecule has 2 aliphatic rings. The number of rotatable bonds is 5. The molecule has 1 saturated heterocycles. The first kappa shape index (κ1) is 17.9. The summed E-state index contributed by atoms with van der Waals surface area (Å²) in [7, 11) is 0. The third-order valence-corrected chi connectivity index (χ3v) is 4.59. The Kier molecular flexibility index (Phi) is 4.43. The first-order chi connectivity index (χ1) is 12.3. The molecule has 26 heavy (non-hydrogen) atoms. The minimum Gasteiger partial charge on any atom is -0.452 e. The molecule has 0 saturated carbocycles. The van der Waals surface area contributed by atoms with Gasteiger partial charge in [0.1, 0.15) is 0 Å². The van der Waals surface area contributed by atoms with E-state index in [4.69, 9.17) is 10.5 Å². The van der Waals surface area contributed by atoms with Crippen LogP contribution in [0.2, 0.25) is 0 Å². The number of nitrogens with zero attached hydrogens (tertiary/aromatic N) is 2. The Morgan fingerprint density at radius 1 is 1.27 bits per heavy atom. The Balaban J connectivity index is 2.16. The lowest BCUT2D eigenvalue weighted by Gasteiger charge is -2.48. The standard InChI is InChI=1S/C18H21N3O5/c1-11(2)9-20-16(24)12-5-3-4-6-13(12)21-15(23)7-8-18(20,21)17(25)26-10-14(19)22/h3-6,11H,7-10H2,1-2H3,(H2,19,22)/t18-/m1/s1. The predicted molar refractivity (Wildman–Crippen MR) is 91.9 cm³/mol. The molecule has 1 atom stereocenters. The normalized spacial score (nSPS) is 21.7. The van der Waals surface area contributed by atoms with Crippen molar-refractivity contribution in [2.45, 2.75) is 32.4 Å². The van der Waals surface area contributed by atoms with Crippen LogP contribution in [-0.4, -0.2) is 47.4 Å². The van der Waals surface area contributed by atoms with Gasteiger partial charge >= 0.3 is 5.97 Å². The quantitative estimate of drug-likeness (QED) is 0.776. The summed E-state index contributed by atoms with van der Waals surface area (Å²) in [5, 5.41) is 0. The fraction of sp³-hybridized carbons (Fsp3) is 0.444. The lowest BCUT2D eigenvalue weighted by molar-refractivity contribution is -0.159. The van der Waals surface area contributed by atoms with E-state index in [1.54, 1.807) is 24.3 Å². The molecule has 0 spiro atoms. The highest BCUT2D eigenvalue weighted by Gasteiger charge is 2.61. The van der Waals surface area contributed by atoms with Crippen LogP contribution in [0.5, 0.6) is 0 Å². The minimum atomic E-state index is -1.58. The minimum absolute atomic E-state index is 0.0579. The summed E-state index contributed by atoms with van der Waals surface area (Å²) in [5.74, 6) is -2.16. The second-order valence-electron chi connectivity index (χ2n) is 6.91. The Labute approximate surface area is 150 Å². The summed E-state index contributed by atoms with van der Waals surface area (Å²) >= 11 is 0. The number of primary amides is 1. The van der Waals surface area contributed by atoms with Crippen molar-refractivity contribution in [1.82, 2.24) is 4.90 Å². The number of amides is 3. The zero-order chi connectivity index (χ0) is 19.1. The van der Waals surface area contributed by atoms with E-state index in [0.29, 0.717) is 11.3 Å². The van der Waals surface area contributed by atoms with Crippen LogP contribution in [0.3, 0.4) is 0 Å². The Morgan fingerprint density at radius 3 is 2.62 bits per heavy atom. The van der Waals surface area contributed by atoms with E-state index in [9.17, 15) is 19.2 Å². The van der Waals surface area contributed by atoms with Gasteiger partial charge in [0, 0.05) is 19.4 Å². The van der Waals surface area contributed by atoms with Gasteiger partial charge in [-0.3, -0.25) is 19.3 Å². The smallest absolute Gasteiger partial charge is 0.354 e. The molecule has 2 heterocycles. The van der Waals surface area contributed by atoms with Gasteiger partial charge < -0.3 is 15.4 Å². The third-order valence-electron chi connectivity index (χ3n) is 4.59. The number of nitrogens with two attached hydrogens (primary N) is 1. The zero-order valence-electron chi connectivity index (χ0n) is 14.7. The van der Waals surface area contributed by atoms with Crippen LogP contribution in [0.4, 0.5) is 5.69 Å². The van der Waals surface area contributed by atoms with Crippen LogP contribution in [0, 0.1) is 5.92 Å². The Morgan fingerprint density at radius 2 is 1.96 bits per heavy atom. The lowest BCUT2D eigenvalue weighted by atomic mass is 9.95. The number of esters is 1. The van der Waals surface area contributed by atoms with E-state index < -0.39 is 24.1 Å². The molecule has 1 aromatic rings. The van der Waals surface area contributed by atoms with Gasteiger partial charge in [0.2, 0.25) is 11.6 Å². The number of hydrogen-bond donors (Lipinski definition) is 1.